The smallest absolute Gasteiger partial charge is 0.332 e. The van der Waals surface area contributed by atoms with E-state index in [-0.39, 0.29) is 5.91 Å². The molecule has 0 aliphatic carbocycles. The number of methoxy groups -OCH3 is 1. The van der Waals surface area contributed by atoms with Gasteiger partial charge in [-0.3, -0.25) is 4.79 Å². The second-order valence-electron chi connectivity index (χ2n) is 5.46. The fourth-order valence-electron chi connectivity index (χ4n) is 2.44. The molecule has 0 unspecified atom stereocenters. The van der Waals surface area contributed by atoms with Crippen molar-refractivity contribution in [3.05, 3.63) is 52.4 Å². The molecule has 1 aromatic carbocycles. The minimum atomic E-state index is -0.825. The fourth-order valence-corrected chi connectivity index (χ4v) is 3.37. The molecule has 0 saturated heterocycles. The average Bonchev–Trinajstić information content (AvgIpc) is 2.96. The Morgan fingerprint density at radius 3 is 2.46 bits per heavy atom. The van der Waals surface area contributed by atoms with E-state index in [0.717, 1.165) is 10.6 Å². The number of likely N-dealkylation sites (N-methyl/N-ethyl adjacent to an activating group) is 1. The SMILES string of the molecule is C=C(C)[C@@H](C(=O)OC)N(C)C(=O)c1sc(C)nc1-c1ccccc1. The molecule has 1 amide bonds. The van der Waals surface area contributed by atoms with Gasteiger partial charge >= 0.3 is 5.97 Å². The van der Waals surface area contributed by atoms with Crippen LogP contribution in [0.1, 0.15) is 21.6 Å². The molecule has 2 rings (SSSR count). The number of rotatable bonds is 5. The van der Waals surface area contributed by atoms with Crippen molar-refractivity contribution in [3.8, 4) is 11.3 Å². The molecular formula is C18H20N2O3S. The number of aryl methyl sites for hydroxylation is 1. The van der Waals surface area contributed by atoms with Gasteiger partial charge in [-0.1, -0.05) is 36.9 Å². The minimum Gasteiger partial charge on any atom is -0.467 e. The van der Waals surface area contributed by atoms with Crippen LogP contribution in [0.25, 0.3) is 11.3 Å². The highest BCUT2D eigenvalue weighted by Gasteiger charge is 2.31. The van der Waals surface area contributed by atoms with Crippen molar-refractivity contribution >= 4 is 23.2 Å². The van der Waals surface area contributed by atoms with Crippen LogP contribution in [-0.4, -0.2) is 42.0 Å². The molecule has 0 aliphatic heterocycles. The maximum absolute atomic E-state index is 13.0. The van der Waals surface area contributed by atoms with Crippen molar-refractivity contribution in [1.29, 1.82) is 0 Å². The summed E-state index contributed by atoms with van der Waals surface area (Å²) < 4.78 is 4.80. The van der Waals surface area contributed by atoms with Crippen LogP contribution in [0.5, 0.6) is 0 Å². The quantitative estimate of drug-likeness (QED) is 0.617. The summed E-state index contributed by atoms with van der Waals surface area (Å²) in [6, 6.07) is 8.68. The standard InChI is InChI=1S/C18H20N2O3S/c1-11(2)15(18(22)23-5)20(4)17(21)16-14(19-12(3)24-16)13-9-7-6-8-10-13/h6-10,15H,1H2,2-5H3/t15-/m0/s1. The first kappa shape index (κ1) is 17.9. The van der Waals surface area contributed by atoms with Crippen LogP contribution in [0.15, 0.2) is 42.5 Å². The normalized spacial score (nSPS) is 11.7. The first-order valence-electron chi connectivity index (χ1n) is 7.40. The van der Waals surface area contributed by atoms with Crippen LogP contribution in [0.4, 0.5) is 0 Å². The lowest BCUT2D eigenvalue weighted by Gasteiger charge is -2.26. The zero-order chi connectivity index (χ0) is 17.9. The van der Waals surface area contributed by atoms with Crippen LogP contribution in [0.3, 0.4) is 0 Å². The van der Waals surface area contributed by atoms with Crippen molar-refractivity contribution in [3.63, 3.8) is 0 Å². The van der Waals surface area contributed by atoms with Crippen LogP contribution in [0, 0.1) is 6.92 Å². The number of hydrogen-bond acceptors (Lipinski definition) is 5. The molecule has 6 heteroatoms. The molecule has 24 heavy (non-hydrogen) atoms. The summed E-state index contributed by atoms with van der Waals surface area (Å²) in [5.74, 6) is -0.793. The van der Waals surface area contributed by atoms with E-state index in [1.54, 1.807) is 14.0 Å². The summed E-state index contributed by atoms with van der Waals surface area (Å²) in [5, 5.41) is 0.788. The summed E-state index contributed by atoms with van der Waals surface area (Å²) in [6.45, 7) is 7.35. The van der Waals surface area contributed by atoms with E-state index in [1.165, 1.54) is 23.3 Å². The first-order valence-corrected chi connectivity index (χ1v) is 8.21. The summed E-state index contributed by atoms with van der Waals surface area (Å²) >= 11 is 1.31. The highest BCUT2D eigenvalue weighted by Crippen LogP contribution is 2.29. The molecule has 1 atom stereocenters. The molecular weight excluding hydrogens is 324 g/mol. The van der Waals surface area contributed by atoms with Crippen LogP contribution in [0.2, 0.25) is 0 Å². The van der Waals surface area contributed by atoms with Gasteiger partial charge < -0.3 is 9.64 Å². The maximum Gasteiger partial charge on any atom is 0.332 e. The molecule has 0 spiro atoms. The zero-order valence-electron chi connectivity index (χ0n) is 14.2. The van der Waals surface area contributed by atoms with Crippen molar-refractivity contribution < 1.29 is 14.3 Å². The number of esters is 1. The van der Waals surface area contributed by atoms with E-state index in [2.05, 4.69) is 11.6 Å². The van der Waals surface area contributed by atoms with Gasteiger partial charge in [0.25, 0.3) is 5.91 Å². The van der Waals surface area contributed by atoms with Crippen molar-refractivity contribution in [2.45, 2.75) is 19.9 Å². The summed E-state index contributed by atoms with van der Waals surface area (Å²) in [4.78, 5) is 31.3. The van der Waals surface area contributed by atoms with Crippen molar-refractivity contribution in [2.75, 3.05) is 14.2 Å². The number of hydrogen-bond donors (Lipinski definition) is 0. The van der Waals surface area contributed by atoms with E-state index in [1.807, 2.05) is 37.3 Å². The van der Waals surface area contributed by atoms with Crippen LogP contribution >= 0.6 is 11.3 Å². The van der Waals surface area contributed by atoms with Crippen LogP contribution in [-0.2, 0) is 9.53 Å². The summed E-state index contributed by atoms with van der Waals surface area (Å²) in [7, 11) is 2.87. The average molecular weight is 344 g/mol. The van der Waals surface area contributed by atoms with Crippen LogP contribution < -0.4 is 0 Å². The maximum atomic E-state index is 13.0. The van der Waals surface area contributed by atoms with Gasteiger partial charge in [0.1, 0.15) is 4.88 Å². The van der Waals surface area contributed by atoms with E-state index < -0.39 is 12.0 Å². The Balaban J connectivity index is 2.43. The molecule has 1 aromatic heterocycles. The Labute approximate surface area is 145 Å². The monoisotopic (exact) mass is 344 g/mol. The van der Waals surface area contributed by atoms with E-state index in [4.69, 9.17) is 4.74 Å². The lowest BCUT2D eigenvalue weighted by molar-refractivity contribution is -0.144. The number of carbonyl (C=O) groups is 2. The number of benzene rings is 1. The van der Waals surface area contributed by atoms with Gasteiger partial charge in [-0.2, -0.15) is 0 Å². The van der Waals surface area contributed by atoms with E-state index >= 15 is 0 Å². The Morgan fingerprint density at radius 1 is 1.29 bits per heavy atom. The van der Waals surface area contributed by atoms with Gasteiger partial charge in [0.15, 0.2) is 6.04 Å². The molecule has 0 fully saturated rings. The number of ether oxygens (including phenoxy) is 1. The molecule has 2 aromatic rings. The van der Waals surface area contributed by atoms with Crippen molar-refractivity contribution in [2.24, 2.45) is 0 Å². The predicted octanol–water partition coefficient (Wildman–Crippen LogP) is 3.31. The molecule has 0 N–H and O–H groups in total. The highest BCUT2D eigenvalue weighted by molar-refractivity contribution is 7.14. The zero-order valence-corrected chi connectivity index (χ0v) is 15.0. The lowest BCUT2D eigenvalue weighted by Crippen LogP contribution is -2.43. The van der Waals surface area contributed by atoms with E-state index in [9.17, 15) is 9.59 Å². The molecule has 0 bridgehead atoms. The Kier molecular flexibility index (Phi) is 5.51. The Hall–Kier alpha value is -2.47. The minimum absolute atomic E-state index is 0.280. The summed E-state index contributed by atoms with van der Waals surface area (Å²) in [6.07, 6.45) is 0. The molecule has 0 saturated carbocycles. The van der Waals surface area contributed by atoms with Gasteiger partial charge in [-0.15, -0.1) is 11.3 Å². The number of thiazole rings is 1. The van der Waals surface area contributed by atoms with Crippen molar-refractivity contribution in [1.82, 2.24) is 9.88 Å². The second kappa shape index (κ2) is 7.40. The third-order valence-corrected chi connectivity index (χ3v) is 4.53. The largest absolute Gasteiger partial charge is 0.467 e. The van der Waals surface area contributed by atoms with Gasteiger partial charge in [0.2, 0.25) is 0 Å². The first-order chi connectivity index (χ1) is 11.4. The third-order valence-electron chi connectivity index (χ3n) is 3.57. The summed E-state index contributed by atoms with van der Waals surface area (Å²) in [5.41, 5.74) is 2.03. The number of carbonyl (C=O) groups excluding carboxylic acids is 2. The predicted molar refractivity (Wildman–Crippen MR) is 95.0 cm³/mol. The Morgan fingerprint density at radius 2 is 1.92 bits per heavy atom. The highest BCUT2D eigenvalue weighted by atomic mass is 32.1. The second-order valence-corrected chi connectivity index (χ2v) is 6.67. The molecule has 0 radical (unpaired) electrons. The molecule has 5 nitrogen and oxygen atoms in total. The van der Waals surface area contributed by atoms with Gasteiger partial charge in [-0.25, -0.2) is 9.78 Å². The molecule has 1 heterocycles. The van der Waals surface area contributed by atoms with Gasteiger partial charge in [-0.05, 0) is 19.4 Å². The fraction of sp³-hybridized carbons (Fsp3) is 0.278. The van der Waals surface area contributed by atoms with E-state index in [0.29, 0.717) is 16.1 Å². The number of nitrogens with zero attached hydrogens (tertiary/aromatic N) is 2. The lowest BCUT2D eigenvalue weighted by atomic mass is 10.1. The third kappa shape index (κ3) is 3.54. The number of amides is 1. The molecule has 0 aliphatic rings. The van der Waals surface area contributed by atoms with Gasteiger partial charge in [0, 0.05) is 12.6 Å². The molecule has 126 valence electrons. The Bertz CT molecular complexity index is 768. The van der Waals surface area contributed by atoms with Gasteiger partial charge in [0.05, 0.1) is 17.8 Å². The topological polar surface area (TPSA) is 59.5 Å². The number of aromatic nitrogens is 1.